The monoisotopic (exact) mass is 740 g/mol. The van der Waals surface area contributed by atoms with Crippen LogP contribution in [0, 0.1) is 6.92 Å². The minimum absolute atomic E-state index is 0.891. The second-order valence-corrected chi connectivity index (χ2v) is 15.3. The highest BCUT2D eigenvalue weighted by Crippen LogP contribution is 2.46. The Bertz CT molecular complexity index is 3360. The molecule has 4 nitrogen and oxygen atoms in total. The molecule has 0 fully saturated rings. The number of furan rings is 1. The van der Waals surface area contributed by atoms with E-state index in [0.29, 0.717) is 0 Å². The van der Waals surface area contributed by atoms with Crippen molar-refractivity contribution in [3.8, 4) is 16.8 Å². The average molecular weight is 741 g/mol. The van der Waals surface area contributed by atoms with E-state index in [2.05, 4.69) is 211 Å². The molecule has 0 amide bonds. The van der Waals surface area contributed by atoms with Crippen molar-refractivity contribution in [3.63, 3.8) is 0 Å². The number of hydrogen-bond donors (Lipinski definition) is 1. The van der Waals surface area contributed by atoms with Crippen molar-refractivity contribution in [2.24, 2.45) is 0 Å². The van der Waals surface area contributed by atoms with E-state index in [4.69, 9.17) is 4.42 Å². The van der Waals surface area contributed by atoms with Gasteiger partial charge < -0.3 is 19.2 Å². The van der Waals surface area contributed by atoms with Gasteiger partial charge in [-0.3, -0.25) is 0 Å². The lowest BCUT2D eigenvalue weighted by molar-refractivity contribution is 0.669. The smallest absolute Gasteiger partial charge is 0.198 e. The normalized spacial score (nSPS) is 12.0. The molecule has 58 heavy (non-hydrogen) atoms. The van der Waals surface area contributed by atoms with Crippen molar-refractivity contribution in [3.05, 3.63) is 194 Å². The predicted octanol–water partition coefficient (Wildman–Crippen LogP) is 13.0. The van der Waals surface area contributed by atoms with Gasteiger partial charge in [0.15, 0.2) is 7.28 Å². The predicted molar refractivity (Wildman–Crippen MR) is 245 cm³/mol. The van der Waals surface area contributed by atoms with Gasteiger partial charge in [-0.05, 0) is 102 Å². The molecule has 0 unspecified atom stereocenters. The second-order valence-electron chi connectivity index (χ2n) is 15.3. The van der Waals surface area contributed by atoms with E-state index < -0.39 is 0 Å². The number of nitrogens with zero attached hydrogens (tertiary/aromatic N) is 2. The summed E-state index contributed by atoms with van der Waals surface area (Å²) in [6.45, 7) is 2.13. The maximum absolute atomic E-state index is 6.49. The van der Waals surface area contributed by atoms with Crippen LogP contribution in [0.4, 0.5) is 28.4 Å². The molecule has 0 atom stereocenters. The number of aryl methyl sites for hydroxylation is 1. The fourth-order valence-electron chi connectivity index (χ4n) is 9.26. The van der Waals surface area contributed by atoms with E-state index >= 15 is 0 Å². The molecule has 5 heteroatoms. The zero-order valence-corrected chi connectivity index (χ0v) is 31.8. The van der Waals surface area contributed by atoms with Gasteiger partial charge in [0, 0.05) is 66.7 Å². The Morgan fingerprint density at radius 3 is 1.95 bits per heavy atom. The number of anilines is 5. The fraction of sp³-hybridized carbons (Fsp3) is 0.0189. The number of benzene rings is 9. The van der Waals surface area contributed by atoms with E-state index in [1.165, 1.54) is 49.2 Å². The number of rotatable bonds is 6. The Morgan fingerprint density at radius 1 is 0.534 bits per heavy atom. The van der Waals surface area contributed by atoms with Crippen LogP contribution in [0.5, 0.6) is 0 Å². The van der Waals surface area contributed by atoms with Gasteiger partial charge in [0.1, 0.15) is 11.2 Å². The molecule has 12 rings (SSSR count). The summed E-state index contributed by atoms with van der Waals surface area (Å²) in [6.07, 6.45) is 0. The summed E-state index contributed by atoms with van der Waals surface area (Å²) in [7, 11) is 2.40. The summed E-state index contributed by atoms with van der Waals surface area (Å²) in [5.74, 6) is 0. The molecule has 1 aliphatic heterocycles. The third-order valence-electron chi connectivity index (χ3n) is 11.8. The van der Waals surface area contributed by atoms with Gasteiger partial charge in [0.25, 0.3) is 0 Å². The molecule has 1 radical (unpaired) electrons. The molecule has 1 N–H and O–H groups in total. The topological polar surface area (TPSA) is 33.3 Å². The Morgan fingerprint density at radius 2 is 1.19 bits per heavy atom. The Balaban J connectivity index is 1.17. The molecule has 0 bridgehead atoms. The quantitative estimate of drug-likeness (QED) is 0.172. The lowest BCUT2D eigenvalue weighted by Crippen LogP contribution is -2.37. The average Bonchev–Trinajstić information content (AvgIpc) is 3.82. The van der Waals surface area contributed by atoms with Crippen LogP contribution in [0.2, 0.25) is 0 Å². The number of aromatic nitrogens is 1. The number of nitrogens with one attached hydrogen (secondary N) is 1. The molecule has 0 saturated heterocycles. The lowest BCUT2D eigenvalue weighted by Gasteiger charge is -2.28. The molecule has 1 aliphatic rings. The van der Waals surface area contributed by atoms with Crippen LogP contribution in [-0.2, 0) is 0 Å². The first kappa shape index (κ1) is 32.7. The van der Waals surface area contributed by atoms with Crippen molar-refractivity contribution >= 4 is 101 Å². The molecule has 3 heterocycles. The summed E-state index contributed by atoms with van der Waals surface area (Å²) < 4.78 is 8.99. The molecular weight excluding hydrogens is 705 g/mol. The largest absolute Gasteiger partial charge is 0.456 e. The van der Waals surface area contributed by atoms with Crippen LogP contribution < -0.4 is 21.1 Å². The highest BCUT2D eigenvalue weighted by molar-refractivity contribution is 6.74. The maximum atomic E-state index is 6.49. The van der Waals surface area contributed by atoms with Crippen LogP contribution in [0.1, 0.15) is 5.56 Å². The van der Waals surface area contributed by atoms with Gasteiger partial charge in [0.05, 0.1) is 5.52 Å². The summed E-state index contributed by atoms with van der Waals surface area (Å²) in [4.78, 5) is 2.33. The number of para-hydroxylation sites is 4. The van der Waals surface area contributed by atoms with E-state index in [-0.39, 0.29) is 0 Å². The second kappa shape index (κ2) is 12.8. The standard InChI is InChI=1S/C53H35BN3O/c1-33-24-26-34(27-25-33)55-45-30-37(56(35-14-4-2-5-15-35)36-16-6-3-7-17-36)28-29-41(45)50-39-19-8-9-20-40(39)51-42-21-10-12-22-46(42)57-47-31-43-38-18-11-13-23-48(38)58-49(43)32-44(47)54-52(50)53(51)57/h2-32,55H,1H3. The third-order valence-corrected chi connectivity index (χ3v) is 11.8. The van der Waals surface area contributed by atoms with Crippen molar-refractivity contribution in [2.75, 3.05) is 10.2 Å². The molecular formula is C53H35BN3O. The van der Waals surface area contributed by atoms with Crippen molar-refractivity contribution in [2.45, 2.75) is 6.92 Å². The zero-order valence-electron chi connectivity index (χ0n) is 31.8. The Hall–Kier alpha value is -7.50. The molecule has 271 valence electrons. The van der Waals surface area contributed by atoms with Gasteiger partial charge >= 0.3 is 0 Å². The van der Waals surface area contributed by atoms with Gasteiger partial charge in [-0.15, -0.1) is 0 Å². The first-order chi connectivity index (χ1) is 28.7. The highest BCUT2D eigenvalue weighted by atomic mass is 16.3. The molecule has 2 aromatic heterocycles. The number of hydrogen-bond acceptors (Lipinski definition) is 3. The minimum Gasteiger partial charge on any atom is -0.456 e. The van der Waals surface area contributed by atoms with Crippen LogP contribution in [0.3, 0.4) is 0 Å². The van der Waals surface area contributed by atoms with Crippen LogP contribution in [-0.4, -0.2) is 11.8 Å². The fourth-order valence-corrected chi connectivity index (χ4v) is 9.26. The summed E-state index contributed by atoms with van der Waals surface area (Å²) in [6, 6.07) is 67.5. The van der Waals surface area contributed by atoms with Gasteiger partial charge in [-0.2, -0.15) is 0 Å². The van der Waals surface area contributed by atoms with E-state index in [9.17, 15) is 0 Å². The molecule has 0 spiro atoms. The van der Waals surface area contributed by atoms with Crippen LogP contribution >= 0.6 is 0 Å². The molecule has 0 aliphatic carbocycles. The van der Waals surface area contributed by atoms with E-state index in [0.717, 1.165) is 67.1 Å². The lowest BCUT2D eigenvalue weighted by atomic mass is 9.58. The Kier molecular flexibility index (Phi) is 7.20. The zero-order chi connectivity index (χ0) is 38.3. The van der Waals surface area contributed by atoms with Crippen LogP contribution in [0.25, 0.3) is 71.3 Å². The SMILES string of the molecule is Cc1ccc(Nc2cc(N(c3ccccc3)c3ccccc3)ccc2-c2c3c4c(c5ccccc25)c2ccccc2n4-c2cc4c(cc2[B]3)oc2ccccc24)cc1. The van der Waals surface area contributed by atoms with Crippen molar-refractivity contribution in [1.82, 2.24) is 4.57 Å². The Labute approximate surface area is 336 Å². The first-order valence-electron chi connectivity index (χ1n) is 19.8. The van der Waals surface area contributed by atoms with Gasteiger partial charge in [0.2, 0.25) is 0 Å². The van der Waals surface area contributed by atoms with Crippen molar-refractivity contribution in [1.29, 1.82) is 0 Å². The first-order valence-corrected chi connectivity index (χ1v) is 19.8. The third kappa shape index (κ3) is 4.96. The molecule has 9 aromatic carbocycles. The van der Waals surface area contributed by atoms with E-state index in [1.54, 1.807) is 0 Å². The molecule has 11 aromatic rings. The molecule has 0 saturated carbocycles. The highest BCUT2D eigenvalue weighted by Gasteiger charge is 2.30. The van der Waals surface area contributed by atoms with Gasteiger partial charge in [-0.25, -0.2) is 0 Å². The summed E-state index contributed by atoms with van der Waals surface area (Å²) in [5, 5.41) is 11.1. The van der Waals surface area contributed by atoms with Crippen molar-refractivity contribution < 1.29 is 4.42 Å². The number of fused-ring (bicyclic) bond motifs is 10. The minimum atomic E-state index is 0.891. The van der Waals surface area contributed by atoms with Crippen LogP contribution in [0.15, 0.2) is 192 Å². The van der Waals surface area contributed by atoms with E-state index in [1.807, 2.05) is 6.07 Å². The van der Waals surface area contributed by atoms with Gasteiger partial charge in [-0.1, -0.05) is 126 Å². The summed E-state index contributed by atoms with van der Waals surface area (Å²) in [5.41, 5.74) is 16.5. The maximum Gasteiger partial charge on any atom is 0.198 e. The summed E-state index contributed by atoms with van der Waals surface area (Å²) >= 11 is 0.